The lowest BCUT2D eigenvalue weighted by atomic mass is 10.1. The Morgan fingerprint density at radius 3 is 2.68 bits per heavy atom. The van der Waals surface area contributed by atoms with Gasteiger partial charge in [-0.05, 0) is 29.8 Å². The summed E-state index contributed by atoms with van der Waals surface area (Å²) in [6.07, 6.45) is 1.42. The van der Waals surface area contributed by atoms with Gasteiger partial charge in [0.2, 0.25) is 0 Å². The number of thiophene rings is 1. The molecule has 140 valence electrons. The van der Waals surface area contributed by atoms with Gasteiger partial charge >= 0.3 is 0 Å². The molecule has 0 saturated heterocycles. The molecule has 0 spiro atoms. The number of fused-ring (bicyclic) bond motifs is 1. The molecule has 0 amide bonds. The van der Waals surface area contributed by atoms with Crippen LogP contribution in [0.1, 0.15) is 10.4 Å². The fraction of sp³-hybridized carbons (Fsp3) is 0.0952. The number of hydrogen-bond acceptors (Lipinski definition) is 5. The number of rotatable bonds is 5. The molecule has 5 nitrogen and oxygen atoms in total. The highest BCUT2D eigenvalue weighted by molar-refractivity contribution is 7.17. The maximum Gasteiger partial charge on any atom is 0.263 e. The number of methoxy groups -OCH3 is 1. The molecule has 0 unspecified atom stereocenters. The molecule has 0 N–H and O–H groups in total. The van der Waals surface area contributed by atoms with Gasteiger partial charge in [0.1, 0.15) is 10.6 Å². The second kappa shape index (κ2) is 7.58. The zero-order valence-corrected chi connectivity index (χ0v) is 16.5. The summed E-state index contributed by atoms with van der Waals surface area (Å²) in [7, 11) is 1.51. The zero-order chi connectivity index (χ0) is 19.7. The monoisotopic (exact) mass is 410 g/mol. The standard InChI is InChI=1S/C21H15ClN2O3S/c1-27-18-5-3-2-4-15(18)17(25)10-24-12-23-20-19(21(24)26)16(11-28-20)13-6-8-14(22)9-7-13/h2-9,11-12H,10H2,1H3. The van der Waals surface area contributed by atoms with Crippen molar-refractivity contribution in [1.29, 1.82) is 0 Å². The van der Waals surface area contributed by atoms with Gasteiger partial charge in [-0.15, -0.1) is 11.3 Å². The lowest BCUT2D eigenvalue weighted by molar-refractivity contribution is 0.0967. The number of ether oxygens (including phenoxy) is 1. The second-order valence-corrected chi connectivity index (χ2v) is 7.43. The van der Waals surface area contributed by atoms with E-state index >= 15 is 0 Å². The van der Waals surface area contributed by atoms with Gasteiger partial charge in [0, 0.05) is 16.0 Å². The van der Waals surface area contributed by atoms with E-state index in [1.54, 1.807) is 36.4 Å². The number of carbonyl (C=O) groups is 1. The molecule has 2 aromatic heterocycles. The quantitative estimate of drug-likeness (QED) is 0.448. The number of halogens is 1. The Kier molecular flexibility index (Phi) is 4.98. The van der Waals surface area contributed by atoms with Crippen LogP contribution < -0.4 is 10.3 Å². The van der Waals surface area contributed by atoms with Gasteiger partial charge in [-0.2, -0.15) is 0 Å². The van der Waals surface area contributed by atoms with E-state index in [1.807, 2.05) is 17.5 Å². The molecule has 7 heteroatoms. The van der Waals surface area contributed by atoms with E-state index in [-0.39, 0.29) is 17.9 Å². The number of nitrogens with zero attached hydrogens (tertiary/aromatic N) is 2. The van der Waals surface area contributed by atoms with Crippen LogP contribution in [0.2, 0.25) is 5.02 Å². The Morgan fingerprint density at radius 2 is 1.93 bits per heavy atom. The van der Waals surface area contributed by atoms with E-state index in [4.69, 9.17) is 16.3 Å². The van der Waals surface area contributed by atoms with Gasteiger partial charge in [0.05, 0.1) is 30.9 Å². The first-order valence-corrected chi connectivity index (χ1v) is 9.73. The Hall–Kier alpha value is -2.96. The van der Waals surface area contributed by atoms with Crippen molar-refractivity contribution in [1.82, 2.24) is 9.55 Å². The van der Waals surface area contributed by atoms with Crippen molar-refractivity contribution < 1.29 is 9.53 Å². The Labute approximate surface area is 169 Å². The average molecular weight is 411 g/mol. The number of aromatic nitrogens is 2. The first-order valence-electron chi connectivity index (χ1n) is 8.47. The largest absolute Gasteiger partial charge is 0.496 e. The second-order valence-electron chi connectivity index (χ2n) is 6.14. The van der Waals surface area contributed by atoms with Gasteiger partial charge in [-0.3, -0.25) is 14.2 Å². The number of ketones is 1. The summed E-state index contributed by atoms with van der Waals surface area (Å²) in [5.41, 5.74) is 1.84. The van der Waals surface area contributed by atoms with E-state index in [9.17, 15) is 9.59 Å². The van der Waals surface area contributed by atoms with Crippen LogP contribution in [0.4, 0.5) is 0 Å². The summed E-state index contributed by atoms with van der Waals surface area (Å²) < 4.78 is 6.58. The van der Waals surface area contributed by atoms with Crippen LogP contribution in [0.25, 0.3) is 21.3 Å². The molecule has 4 aromatic rings. The third-order valence-corrected chi connectivity index (χ3v) is 5.58. The van der Waals surface area contributed by atoms with Gasteiger partial charge in [-0.1, -0.05) is 35.9 Å². The SMILES string of the molecule is COc1ccccc1C(=O)Cn1cnc2scc(-c3ccc(Cl)cc3)c2c1=O. The van der Waals surface area contributed by atoms with Crippen LogP contribution in [-0.4, -0.2) is 22.4 Å². The third-order valence-electron chi connectivity index (χ3n) is 4.44. The number of benzene rings is 2. The fourth-order valence-corrected chi connectivity index (χ4v) is 4.07. The average Bonchev–Trinajstić information content (AvgIpc) is 3.15. The predicted octanol–water partition coefficient (Wildman–Crippen LogP) is 4.67. The molecule has 2 heterocycles. The van der Waals surface area contributed by atoms with Crippen molar-refractivity contribution in [2.45, 2.75) is 6.54 Å². The summed E-state index contributed by atoms with van der Waals surface area (Å²) in [5.74, 6) is 0.260. The van der Waals surface area contributed by atoms with Crippen LogP contribution >= 0.6 is 22.9 Å². The normalized spacial score (nSPS) is 10.9. The lowest BCUT2D eigenvalue weighted by Gasteiger charge is -2.09. The van der Waals surface area contributed by atoms with Gasteiger partial charge in [0.25, 0.3) is 5.56 Å². The molecule has 0 fully saturated rings. The molecular formula is C21H15ClN2O3S. The number of Topliss-reactive ketones (excluding diaryl/α,β-unsaturated/α-hetero) is 1. The lowest BCUT2D eigenvalue weighted by Crippen LogP contribution is -2.24. The Bertz CT molecular complexity index is 1230. The third kappa shape index (κ3) is 3.32. The number of hydrogen-bond donors (Lipinski definition) is 0. The molecule has 28 heavy (non-hydrogen) atoms. The maximum absolute atomic E-state index is 13.1. The summed E-state index contributed by atoms with van der Waals surface area (Å²) >= 11 is 7.36. The van der Waals surface area contributed by atoms with Crippen molar-refractivity contribution in [2.24, 2.45) is 0 Å². The molecule has 0 bridgehead atoms. The van der Waals surface area contributed by atoms with Crippen molar-refractivity contribution in [3.63, 3.8) is 0 Å². The van der Waals surface area contributed by atoms with E-state index in [0.29, 0.717) is 26.6 Å². The van der Waals surface area contributed by atoms with Crippen LogP contribution in [-0.2, 0) is 6.54 Å². The minimum atomic E-state index is -0.251. The molecule has 0 radical (unpaired) electrons. The van der Waals surface area contributed by atoms with E-state index in [0.717, 1.165) is 11.1 Å². The van der Waals surface area contributed by atoms with Gasteiger partial charge in [0.15, 0.2) is 5.78 Å². The highest BCUT2D eigenvalue weighted by Gasteiger charge is 2.17. The molecule has 0 aliphatic rings. The number of carbonyl (C=O) groups excluding carboxylic acids is 1. The minimum Gasteiger partial charge on any atom is -0.496 e. The van der Waals surface area contributed by atoms with Crippen molar-refractivity contribution in [3.05, 3.63) is 81.2 Å². The maximum atomic E-state index is 13.1. The van der Waals surface area contributed by atoms with Gasteiger partial charge < -0.3 is 4.74 Å². The summed E-state index contributed by atoms with van der Waals surface area (Å²) in [6.45, 7) is -0.113. The van der Waals surface area contributed by atoms with Gasteiger partial charge in [-0.25, -0.2) is 4.98 Å². The zero-order valence-electron chi connectivity index (χ0n) is 14.9. The van der Waals surface area contributed by atoms with E-state index in [1.165, 1.54) is 29.3 Å². The van der Waals surface area contributed by atoms with Crippen molar-refractivity contribution in [3.8, 4) is 16.9 Å². The van der Waals surface area contributed by atoms with E-state index in [2.05, 4.69) is 4.98 Å². The Morgan fingerprint density at radius 1 is 1.18 bits per heavy atom. The smallest absolute Gasteiger partial charge is 0.263 e. The highest BCUT2D eigenvalue weighted by Crippen LogP contribution is 2.31. The van der Waals surface area contributed by atoms with Crippen LogP contribution in [0, 0.1) is 0 Å². The first kappa shape index (κ1) is 18.4. The molecular weight excluding hydrogens is 396 g/mol. The summed E-state index contributed by atoms with van der Waals surface area (Å²) in [6, 6.07) is 14.2. The molecule has 0 aliphatic carbocycles. The van der Waals surface area contributed by atoms with Crippen LogP contribution in [0.3, 0.4) is 0 Å². The first-order chi connectivity index (χ1) is 13.6. The fourth-order valence-electron chi connectivity index (χ4n) is 3.04. The van der Waals surface area contributed by atoms with E-state index < -0.39 is 0 Å². The molecule has 0 atom stereocenters. The molecule has 2 aromatic carbocycles. The van der Waals surface area contributed by atoms with Crippen LogP contribution in [0.5, 0.6) is 5.75 Å². The predicted molar refractivity (Wildman–Crippen MR) is 112 cm³/mol. The molecule has 0 saturated carbocycles. The van der Waals surface area contributed by atoms with Crippen molar-refractivity contribution in [2.75, 3.05) is 7.11 Å². The molecule has 4 rings (SSSR count). The molecule has 0 aliphatic heterocycles. The summed E-state index contributed by atoms with van der Waals surface area (Å²) in [5, 5.41) is 3.03. The topological polar surface area (TPSA) is 61.2 Å². The summed E-state index contributed by atoms with van der Waals surface area (Å²) in [4.78, 5) is 30.8. The minimum absolute atomic E-state index is 0.113. The van der Waals surface area contributed by atoms with Crippen LogP contribution in [0.15, 0.2) is 65.0 Å². The Balaban J connectivity index is 1.76. The van der Waals surface area contributed by atoms with Crippen molar-refractivity contribution >= 4 is 38.9 Å². The number of para-hydroxylation sites is 1. The highest BCUT2D eigenvalue weighted by atomic mass is 35.5.